The number of methoxy groups -OCH3 is 2. The summed E-state index contributed by atoms with van der Waals surface area (Å²) in [7, 11) is 3.47. The molecule has 0 bridgehead atoms. The number of hydrogen-bond donors (Lipinski definition) is 2. The third-order valence-corrected chi connectivity index (χ3v) is 11.2. The number of benzene rings is 2. The van der Waals surface area contributed by atoms with Gasteiger partial charge in [0.15, 0.2) is 5.71 Å². The number of halogens is 1. The highest BCUT2D eigenvalue weighted by molar-refractivity contribution is 7.80. The number of allylic oxidation sites excluding steroid dienone is 5. The van der Waals surface area contributed by atoms with Crippen molar-refractivity contribution in [2.24, 2.45) is 11.8 Å². The number of ether oxygens (including phenoxy) is 3. The van der Waals surface area contributed by atoms with Crippen LogP contribution in [-0.2, 0) is 14.2 Å². The second kappa shape index (κ2) is 48.6. The highest BCUT2D eigenvalue weighted by Gasteiger charge is 2.19. The molecule has 1 aliphatic carbocycles. The van der Waals surface area contributed by atoms with Crippen molar-refractivity contribution in [1.82, 2.24) is 0 Å². The zero-order valence-electron chi connectivity index (χ0n) is 46.3. The van der Waals surface area contributed by atoms with Crippen LogP contribution in [0.15, 0.2) is 78.4 Å². The third kappa shape index (κ3) is 36.3. The van der Waals surface area contributed by atoms with Crippen LogP contribution in [-0.4, -0.2) is 93.6 Å². The zero-order chi connectivity index (χ0) is 51.3. The lowest BCUT2D eigenvalue weighted by molar-refractivity contribution is -0.528. The molecule has 388 valence electrons. The number of rotatable bonds is 27. The fraction of sp³-hybridized carbons (Fsp3) is 0.678. The van der Waals surface area contributed by atoms with Gasteiger partial charge >= 0.3 is 0 Å². The largest absolute Gasteiger partial charge is 0.396 e. The van der Waals surface area contributed by atoms with Gasteiger partial charge in [0.05, 0.1) is 6.10 Å². The Morgan fingerprint density at radius 2 is 1.19 bits per heavy atom. The highest BCUT2D eigenvalue weighted by atomic mass is 35.5. The number of thiol groups is 1. The molecule has 0 amide bonds. The molecule has 6 nitrogen and oxygen atoms in total. The van der Waals surface area contributed by atoms with Gasteiger partial charge in [-0.05, 0) is 104 Å². The molecule has 1 N–H and O–H groups in total. The lowest BCUT2D eigenvalue weighted by atomic mass is 9.90. The lowest BCUT2D eigenvalue weighted by Crippen LogP contribution is -2.26. The van der Waals surface area contributed by atoms with Gasteiger partial charge in [0.2, 0.25) is 0 Å². The second-order valence-corrected chi connectivity index (χ2v) is 18.8. The van der Waals surface area contributed by atoms with Gasteiger partial charge < -0.3 is 24.2 Å². The van der Waals surface area contributed by atoms with Gasteiger partial charge in [0.1, 0.15) is 13.1 Å². The Morgan fingerprint density at radius 3 is 1.64 bits per heavy atom. The topological polar surface area (TPSA) is 54.2 Å². The van der Waals surface area contributed by atoms with Gasteiger partial charge in [0.25, 0.3) is 0 Å². The van der Waals surface area contributed by atoms with Crippen molar-refractivity contribution in [1.29, 1.82) is 0 Å². The number of aliphatic hydroxyl groups is 1. The van der Waals surface area contributed by atoms with Crippen LogP contribution in [0, 0.1) is 11.8 Å². The first kappa shape index (κ1) is 68.9. The molecule has 0 aliphatic heterocycles. The summed E-state index contributed by atoms with van der Waals surface area (Å²) in [6.07, 6.45) is 23.1. The van der Waals surface area contributed by atoms with E-state index in [4.69, 9.17) is 30.9 Å². The highest BCUT2D eigenvalue weighted by Crippen LogP contribution is 2.35. The van der Waals surface area contributed by atoms with Crippen molar-refractivity contribution < 1.29 is 23.9 Å². The average Bonchev–Trinajstić information content (AvgIpc) is 3.33. The smallest absolute Gasteiger partial charge is 0.199 e. The Labute approximate surface area is 426 Å². The Bertz CT molecular complexity index is 1500. The molecular weight excluding hydrogens is 868 g/mol. The maximum absolute atomic E-state index is 8.19. The van der Waals surface area contributed by atoms with Crippen LogP contribution >= 0.6 is 24.2 Å². The molecular formula is C59H106ClN2O4S+. The molecule has 3 rings (SSSR count). The second-order valence-electron chi connectivity index (χ2n) is 17.5. The van der Waals surface area contributed by atoms with Crippen molar-refractivity contribution in [3.05, 3.63) is 94.6 Å². The molecule has 8 heteroatoms. The summed E-state index contributed by atoms with van der Waals surface area (Å²) in [6, 6.07) is 17.4. The summed E-state index contributed by atoms with van der Waals surface area (Å²) in [6.45, 7) is 37.3. The van der Waals surface area contributed by atoms with E-state index in [2.05, 4.69) is 145 Å². The normalized spacial score (nSPS) is 12.3. The van der Waals surface area contributed by atoms with E-state index in [1.165, 1.54) is 85.9 Å². The van der Waals surface area contributed by atoms with Crippen LogP contribution in [0.3, 0.4) is 0 Å². The summed E-state index contributed by atoms with van der Waals surface area (Å²) in [5.74, 6) is 1.47. The number of anilines is 1. The first-order valence-corrected chi connectivity index (χ1v) is 27.4. The fourth-order valence-corrected chi connectivity index (χ4v) is 6.70. The van der Waals surface area contributed by atoms with Crippen molar-refractivity contribution >= 4 is 41.2 Å². The number of unbranched alkanes of at least 4 members (excludes halogenated alkanes) is 4. The van der Waals surface area contributed by atoms with E-state index in [9.17, 15) is 0 Å². The summed E-state index contributed by atoms with van der Waals surface area (Å²) < 4.78 is 18.2. The summed E-state index contributed by atoms with van der Waals surface area (Å²) in [5, 5.41) is 9.31. The van der Waals surface area contributed by atoms with E-state index in [1.807, 2.05) is 46.8 Å². The summed E-state index contributed by atoms with van der Waals surface area (Å²) >= 11 is 10.9. The number of nitrogens with zero attached hydrogens (tertiary/aromatic N) is 2. The first-order valence-electron chi connectivity index (χ1n) is 26.5. The fourth-order valence-electron chi connectivity index (χ4n) is 6.35. The van der Waals surface area contributed by atoms with E-state index in [1.54, 1.807) is 14.2 Å². The van der Waals surface area contributed by atoms with Gasteiger partial charge in [0, 0.05) is 100 Å². The Morgan fingerprint density at radius 1 is 0.642 bits per heavy atom. The van der Waals surface area contributed by atoms with Crippen LogP contribution in [0.4, 0.5) is 5.69 Å². The molecule has 2 aromatic rings. The van der Waals surface area contributed by atoms with E-state index >= 15 is 0 Å². The molecule has 0 spiro atoms. The molecule has 67 heavy (non-hydrogen) atoms. The molecule has 0 aromatic heterocycles. The Kier molecular flexibility index (Phi) is 50.0. The number of hydrogen-bond acceptors (Lipinski definition) is 6. The van der Waals surface area contributed by atoms with E-state index in [-0.39, 0.29) is 12.7 Å². The van der Waals surface area contributed by atoms with Crippen LogP contribution < -0.4 is 4.90 Å². The van der Waals surface area contributed by atoms with Gasteiger partial charge in [-0.3, -0.25) is 0 Å². The minimum Gasteiger partial charge on any atom is -0.396 e. The molecule has 0 radical (unpaired) electrons. The Balaban J connectivity index is -0.00000147. The molecule has 0 saturated heterocycles. The van der Waals surface area contributed by atoms with Crippen molar-refractivity contribution in [3.8, 4) is 0 Å². The SMILES string of the molecule is CC.CC.CC(S)CCO.CCCCOC.CCCCOC(C)CC[N+](CCCC)=C1C=CC(=C(c2ccc(N(CCCC)CCC(C)C)cc2)c2ccccc2Cl)C=C1.COCCC(C)C. The maximum Gasteiger partial charge on any atom is 0.199 e. The molecule has 0 saturated carbocycles. The quantitative estimate of drug-likeness (QED) is 0.0531. The van der Waals surface area contributed by atoms with E-state index in [0.717, 1.165) is 81.8 Å². The van der Waals surface area contributed by atoms with Gasteiger partial charge in [-0.2, -0.15) is 12.6 Å². The van der Waals surface area contributed by atoms with Crippen molar-refractivity contribution in [3.63, 3.8) is 0 Å². The summed E-state index contributed by atoms with van der Waals surface area (Å²) in [5.41, 5.74) is 7.19. The van der Waals surface area contributed by atoms with Crippen LogP contribution in [0.5, 0.6) is 0 Å². The minimum atomic E-state index is 0.255. The summed E-state index contributed by atoms with van der Waals surface area (Å²) in [4.78, 5) is 2.55. The predicted octanol–water partition coefficient (Wildman–Crippen LogP) is 16.6. The minimum absolute atomic E-state index is 0.255. The van der Waals surface area contributed by atoms with E-state index < -0.39 is 0 Å². The molecule has 2 unspecified atom stereocenters. The van der Waals surface area contributed by atoms with Gasteiger partial charge in [-0.1, -0.05) is 158 Å². The van der Waals surface area contributed by atoms with Gasteiger partial charge in [-0.25, -0.2) is 4.58 Å². The average molecular weight is 975 g/mol. The molecule has 2 atom stereocenters. The van der Waals surface area contributed by atoms with Crippen LogP contribution in [0.1, 0.15) is 185 Å². The van der Waals surface area contributed by atoms with E-state index in [0.29, 0.717) is 11.2 Å². The predicted molar refractivity (Wildman–Crippen MR) is 305 cm³/mol. The lowest BCUT2D eigenvalue weighted by Gasteiger charge is -2.26. The zero-order valence-corrected chi connectivity index (χ0v) is 47.9. The first-order chi connectivity index (χ1) is 32.3. The van der Waals surface area contributed by atoms with Gasteiger partial charge in [-0.15, -0.1) is 0 Å². The monoisotopic (exact) mass is 974 g/mol. The van der Waals surface area contributed by atoms with Crippen LogP contribution in [0.25, 0.3) is 5.57 Å². The molecule has 1 aliphatic rings. The molecule has 2 aromatic carbocycles. The Hall–Kier alpha value is -2.39. The van der Waals surface area contributed by atoms with Crippen molar-refractivity contribution in [2.45, 2.75) is 185 Å². The maximum atomic E-state index is 8.19. The number of aliphatic hydroxyl groups excluding tert-OH is 1. The molecule has 0 fully saturated rings. The standard InChI is InChI=1S/C40H58ClN2O.C6H14O.C5H12O.C4H10OS.2C2H6/c1-7-10-27-42(29-25-32(4)5)36-21-17-34(18-22-36)40(38-15-13-14-16-39(38)41)35-19-23-37(24-20-35)43(28-11-8-2)30-26-33(6)44-31-12-9-3;1-6(2)4-5-7-3;1-3-4-5-6-2;1-4(6)2-3-5;2*1-2/h13-24,32-33H,7-12,25-31H2,1-6H3;6H,4-5H2,1-3H3;3-5H2,1-2H3;4-6H,2-3H2,1H3;2*1-2H3/q+1;;;;;. The van der Waals surface area contributed by atoms with Crippen molar-refractivity contribution in [2.75, 3.05) is 71.7 Å². The van der Waals surface area contributed by atoms with Crippen LogP contribution in [0.2, 0.25) is 5.02 Å². The molecule has 0 heterocycles. The third-order valence-electron chi connectivity index (χ3n) is 10.6.